The Morgan fingerprint density at radius 3 is 3.00 bits per heavy atom. The van der Waals surface area contributed by atoms with E-state index in [2.05, 4.69) is 10.4 Å². The molecule has 2 aromatic rings. The number of ether oxygens (including phenoxy) is 1. The van der Waals surface area contributed by atoms with E-state index in [1.807, 2.05) is 30.3 Å². The summed E-state index contributed by atoms with van der Waals surface area (Å²) in [6, 6.07) is 11.1. The quantitative estimate of drug-likeness (QED) is 0.662. The van der Waals surface area contributed by atoms with Crippen LogP contribution in [0.25, 0.3) is 0 Å². The minimum absolute atomic E-state index is 0.0818. The number of nitrogens with zero attached hydrogens (tertiary/aromatic N) is 2. The summed E-state index contributed by atoms with van der Waals surface area (Å²) < 4.78 is 5.61. The number of benzene rings is 1. The fourth-order valence-corrected chi connectivity index (χ4v) is 2.34. The number of carbonyl (C=O) groups is 1. The lowest BCUT2D eigenvalue weighted by molar-refractivity contribution is -0.125. The number of rotatable bonds is 3. The van der Waals surface area contributed by atoms with E-state index in [-0.39, 0.29) is 5.91 Å². The molecule has 1 atom stereocenters. The van der Waals surface area contributed by atoms with Crippen molar-refractivity contribution in [3.8, 4) is 5.75 Å². The summed E-state index contributed by atoms with van der Waals surface area (Å²) in [6.45, 7) is 2.12. The van der Waals surface area contributed by atoms with Gasteiger partial charge in [-0.1, -0.05) is 12.1 Å². The van der Waals surface area contributed by atoms with Crippen molar-refractivity contribution in [3.63, 3.8) is 0 Å². The molecule has 21 heavy (non-hydrogen) atoms. The third-order valence-electron chi connectivity index (χ3n) is 3.38. The molecule has 0 bridgehead atoms. The second-order valence-electron chi connectivity index (χ2n) is 4.83. The number of aromatic nitrogens is 1. The summed E-state index contributed by atoms with van der Waals surface area (Å²) in [4.78, 5) is 18.3. The van der Waals surface area contributed by atoms with Crippen molar-refractivity contribution in [2.24, 2.45) is 5.84 Å². The average Bonchev–Trinajstić information content (AvgIpc) is 2.52. The Morgan fingerprint density at radius 2 is 2.19 bits per heavy atom. The van der Waals surface area contributed by atoms with E-state index >= 15 is 0 Å². The number of hydrazine groups is 1. The minimum Gasteiger partial charge on any atom is -0.479 e. The Labute approximate surface area is 122 Å². The third kappa shape index (κ3) is 2.53. The number of nitrogens with two attached hydrogens (primary N) is 1. The lowest BCUT2D eigenvalue weighted by Crippen LogP contribution is -2.44. The van der Waals surface area contributed by atoms with Gasteiger partial charge in [0.2, 0.25) is 0 Å². The number of carbonyl (C=O) groups excluding carboxylic acids is 1. The Morgan fingerprint density at radius 1 is 1.38 bits per heavy atom. The van der Waals surface area contributed by atoms with E-state index in [4.69, 9.17) is 10.6 Å². The lowest BCUT2D eigenvalue weighted by atomic mass is 10.1. The molecule has 1 aliphatic heterocycles. The Hall–Kier alpha value is -2.60. The Kier molecular flexibility index (Phi) is 3.45. The van der Waals surface area contributed by atoms with Crippen LogP contribution in [0.2, 0.25) is 0 Å². The molecule has 2 heterocycles. The zero-order valence-electron chi connectivity index (χ0n) is 11.6. The third-order valence-corrected chi connectivity index (χ3v) is 3.38. The first-order valence-corrected chi connectivity index (χ1v) is 6.67. The molecule has 3 N–H and O–H groups in total. The highest BCUT2D eigenvalue weighted by atomic mass is 16.5. The van der Waals surface area contributed by atoms with Crippen LogP contribution >= 0.6 is 0 Å². The molecule has 108 valence electrons. The monoisotopic (exact) mass is 284 g/mol. The zero-order chi connectivity index (χ0) is 14.8. The smallest absolute Gasteiger partial charge is 0.268 e. The van der Waals surface area contributed by atoms with Crippen molar-refractivity contribution in [2.75, 3.05) is 10.3 Å². The average molecular weight is 284 g/mol. The van der Waals surface area contributed by atoms with Crippen LogP contribution in [-0.2, 0) is 11.3 Å². The summed E-state index contributed by atoms with van der Waals surface area (Å²) >= 11 is 0. The highest BCUT2D eigenvalue weighted by Crippen LogP contribution is 2.34. The number of nitrogen functional groups attached to an aromatic ring is 1. The van der Waals surface area contributed by atoms with Crippen molar-refractivity contribution in [1.29, 1.82) is 0 Å². The second-order valence-corrected chi connectivity index (χ2v) is 4.83. The Bertz CT molecular complexity index is 674. The van der Waals surface area contributed by atoms with Crippen LogP contribution < -0.4 is 20.9 Å². The molecule has 0 fully saturated rings. The van der Waals surface area contributed by atoms with Crippen LogP contribution in [0.3, 0.4) is 0 Å². The number of anilines is 2. The highest BCUT2D eigenvalue weighted by Gasteiger charge is 2.31. The molecule has 1 aliphatic rings. The van der Waals surface area contributed by atoms with Gasteiger partial charge >= 0.3 is 0 Å². The van der Waals surface area contributed by atoms with E-state index in [0.29, 0.717) is 12.3 Å². The maximum absolute atomic E-state index is 12.4. The van der Waals surface area contributed by atoms with Gasteiger partial charge in [0.15, 0.2) is 6.10 Å². The van der Waals surface area contributed by atoms with Gasteiger partial charge in [-0.2, -0.15) is 0 Å². The van der Waals surface area contributed by atoms with E-state index in [1.54, 1.807) is 24.1 Å². The van der Waals surface area contributed by atoms with Gasteiger partial charge in [0.05, 0.1) is 23.6 Å². The topological polar surface area (TPSA) is 80.5 Å². The second kappa shape index (κ2) is 5.41. The minimum atomic E-state index is -0.504. The number of nitrogens with one attached hydrogen (secondary N) is 1. The van der Waals surface area contributed by atoms with Gasteiger partial charge < -0.3 is 10.2 Å². The number of hydrogen-bond donors (Lipinski definition) is 2. The molecule has 0 aliphatic carbocycles. The number of pyridine rings is 1. The standard InChI is InChI=1S/C15H16N4O2/c1-10-15(20)19(13-4-2-3-5-14(13)21-10)9-12-8-11(18-16)6-7-17-12/h2-8,10H,9,16H2,1H3,(H,17,18). The van der Waals surface area contributed by atoms with Crippen LogP contribution in [0.4, 0.5) is 11.4 Å². The highest BCUT2D eigenvalue weighted by molar-refractivity contribution is 5.99. The van der Waals surface area contributed by atoms with Crippen molar-refractivity contribution in [3.05, 3.63) is 48.3 Å². The molecular formula is C15H16N4O2. The maximum atomic E-state index is 12.4. The van der Waals surface area contributed by atoms with Gasteiger partial charge in [-0.05, 0) is 31.2 Å². The number of hydrogen-bond acceptors (Lipinski definition) is 5. The largest absolute Gasteiger partial charge is 0.479 e. The van der Waals surface area contributed by atoms with E-state index < -0.39 is 6.10 Å². The molecular weight excluding hydrogens is 268 g/mol. The molecule has 0 saturated carbocycles. The predicted octanol–water partition coefficient (Wildman–Crippen LogP) is 1.68. The van der Waals surface area contributed by atoms with Crippen LogP contribution in [0.5, 0.6) is 5.75 Å². The molecule has 0 radical (unpaired) electrons. The van der Waals surface area contributed by atoms with Crippen molar-refractivity contribution in [2.45, 2.75) is 19.6 Å². The van der Waals surface area contributed by atoms with Crippen LogP contribution in [0.15, 0.2) is 42.6 Å². The van der Waals surface area contributed by atoms with Crippen LogP contribution in [0, 0.1) is 0 Å². The lowest BCUT2D eigenvalue weighted by Gasteiger charge is -2.32. The Balaban J connectivity index is 1.94. The molecule has 1 aromatic carbocycles. The first-order valence-electron chi connectivity index (χ1n) is 6.67. The normalized spacial score (nSPS) is 17.1. The van der Waals surface area contributed by atoms with E-state index in [1.165, 1.54) is 0 Å². The van der Waals surface area contributed by atoms with Crippen LogP contribution in [-0.4, -0.2) is 17.0 Å². The van der Waals surface area contributed by atoms with Gasteiger partial charge in [0, 0.05) is 6.20 Å². The molecule has 6 nitrogen and oxygen atoms in total. The van der Waals surface area contributed by atoms with Crippen molar-refractivity contribution >= 4 is 17.3 Å². The van der Waals surface area contributed by atoms with Crippen molar-refractivity contribution < 1.29 is 9.53 Å². The number of amides is 1. The van der Waals surface area contributed by atoms with Gasteiger partial charge in [-0.15, -0.1) is 0 Å². The molecule has 1 aromatic heterocycles. The molecule has 1 unspecified atom stereocenters. The van der Waals surface area contributed by atoms with Crippen LogP contribution in [0.1, 0.15) is 12.6 Å². The van der Waals surface area contributed by atoms with Gasteiger partial charge in [0.25, 0.3) is 5.91 Å². The summed E-state index contributed by atoms with van der Waals surface area (Å²) in [5, 5.41) is 0. The molecule has 1 amide bonds. The molecule has 3 rings (SSSR count). The fraction of sp³-hybridized carbons (Fsp3) is 0.200. The van der Waals surface area contributed by atoms with Gasteiger partial charge in [-0.25, -0.2) is 0 Å². The molecule has 0 saturated heterocycles. The van der Waals surface area contributed by atoms with Gasteiger partial charge in [0.1, 0.15) is 5.75 Å². The summed E-state index contributed by atoms with van der Waals surface area (Å²) in [7, 11) is 0. The first kappa shape index (κ1) is 13.4. The van der Waals surface area contributed by atoms with Crippen molar-refractivity contribution in [1.82, 2.24) is 4.98 Å². The first-order chi connectivity index (χ1) is 10.2. The summed E-state index contributed by atoms with van der Waals surface area (Å²) in [5.74, 6) is 6.02. The molecule has 6 heteroatoms. The number of fused-ring (bicyclic) bond motifs is 1. The zero-order valence-corrected chi connectivity index (χ0v) is 11.6. The summed E-state index contributed by atoms with van der Waals surface area (Å²) in [5.41, 5.74) is 4.84. The SMILES string of the molecule is CC1Oc2ccccc2N(Cc2cc(NN)ccn2)C1=O. The fourth-order valence-electron chi connectivity index (χ4n) is 2.34. The predicted molar refractivity (Wildman–Crippen MR) is 79.8 cm³/mol. The van der Waals surface area contributed by atoms with E-state index in [0.717, 1.165) is 17.1 Å². The van der Waals surface area contributed by atoms with E-state index in [9.17, 15) is 4.79 Å². The summed E-state index contributed by atoms with van der Waals surface area (Å²) in [6.07, 6.45) is 1.15. The molecule has 0 spiro atoms. The maximum Gasteiger partial charge on any atom is 0.268 e. The number of para-hydroxylation sites is 2. The van der Waals surface area contributed by atoms with Gasteiger partial charge in [-0.3, -0.25) is 20.5 Å².